The molecule has 1 aromatic carbocycles. The number of nitrogens with one attached hydrogen (secondary N) is 1. The van der Waals surface area contributed by atoms with Gasteiger partial charge in [0.1, 0.15) is 0 Å². The number of halogens is 3. The van der Waals surface area contributed by atoms with Crippen molar-refractivity contribution in [2.45, 2.75) is 50.6 Å². The first kappa shape index (κ1) is 20.5. The van der Waals surface area contributed by atoms with Crippen molar-refractivity contribution < 1.29 is 13.9 Å². The summed E-state index contributed by atoms with van der Waals surface area (Å²) in [6.45, 7) is 0.173. The van der Waals surface area contributed by atoms with Gasteiger partial charge in [-0.1, -0.05) is 22.4 Å². The van der Waals surface area contributed by atoms with Crippen LogP contribution in [0.4, 0.5) is 4.39 Å². The number of ether oxygens (including phenoxy) is 1. The van der Waals surface area contributed by atoms with Crippen LogP contribution in [-0.2, 0) is 4.79 Å². The molecule has 0 aliphatic heterocycles. The third-order valence-corrected chi connectivity index (χ3v) is 5.68. The van der Waals surface area contributed by atoms with Gasteiger partial charge in [0.15, 0.2) is 11.6 Å². The lowest BCUT2D eigenvalue weighted by Crippen LogP contribution is -2.53. The highest BCUT2D eigenvalue weighted by Gasteiger charge is 2.39. The number of carbonyl (C=O) groups is 1. The smallest absolute Gasteiger partial charge is 0.223 e. The highest BCUT2D eigenvalue weighted by atomic mass is 79.9. The van der Waals surface area contributed by atoms with Gasteiger partial charge in [0.2, 0.25) is 5.91 Å². The second-order valence-electron chi connectivity index (χ2n) is 6.95. The predicted molar refractivity (Wildman–Crippen MR) is 101 cm³/mol. The second-order valence-corrected chi connectivity index (χ2v) is 7.86. The van der Waals surface area contributed by atoms with E-state index >= 15 is 0 Å². The van der Waals surface area contributed by atoms with E-state index in [0.29, 0.717) is 16.3 Å². The van der Waals surface area contributed by atoms with Gasteiger partial charge in [0, 0.05) is 16.6 Å². The van der Waals surface area contributed by atoms with E-state index in [1.165, 1.54) is 12.5 Å². The van der Waals surface area contributed by atoms with Crippen LogP contribution in [0.15, 0.2) is 22.7 Å². The maximum absolute atomic E-state index is 13.7. The normalized spacial score (nSPS) is 28.0. The van der Waals surface area contributed by atoms with Crippen LogP contribution in [-0.4, -0.2) is 24.6 Å². The Kier molecular flexibility index (Phi) is 7.52. The lowest BCUT2D eigenvalue weighted by atomic mass is 9.67. The number of rotatable bonds is 5. The molecule has 7 heteroatoms. The predicted octanol–water partition coefficient (Wildman–Crippen LogP) is 3.80. The molecular formula is C18H25BrClFN2O2. The zero-order valence-corrected chi connectivity index (χ0v) is 16.5. The molecule has 0 saturated heterocycles. The first-order valence-electron chi connectivity index (χ1n) is 8.65. The Labute approximate surface area is 162 Å². The Morgan fingerprint density at radius 3 is 2.64 bits per heavy atom. The summed E-state index contributed by atoms with van der Waals surface area (Å²) in [5.41, 5.74) is 6.12. The molecule has 0 spiro atoms. The van der Waals surface area contributed by atoms with Gasteiger partial charge in [-0.25, -0.2) is 4.39 Å². The fourth-order valence-corrected chi connectivity index (χ4v) is 4.46. The maximum atomic E-state index is 13.7. The summed E-state index contributed by atoms with van der Waals surface area (Å²) in [6.07, 6.45) is 5.77. The molecule has 0 aromatic heterocycles. The number of hydrogen-bond acceptors (Lipinski definition) is 3. The van der Waals surface area contributed by atoms with Crippen molar-refractivity contribution in [2.24, 2.45) is 17.6 Å². The fraction of sp³-hybridized carbons (Fsp3) is 0.611. The standard InChI is InChI=1S/C18H24BrFN2O2.ClH/c19-13-4-5-16(15(20)10-13)24-7-6-17(23)22-18-11-2-1-3-12(18)9-14(21)8-11;/h4-5,10-12,14,18H,1-3,6-9,21H2,(H,22,23);1H. The Bertz CT molecular complexity index is 590. The van der Waals surface area contributed by atoms with E-state index in [-0.39, 0.29) is 49.2 Å². The molecule has 2 aliphatic carbocycles. The number of hydrogen-bond donors (Lipinski definition) is 2. The molecule has 2 bridgehead atoms. The summed E-state index contributed by atoms with van der Waals surface area (Å²) in [7, 11) is 0. The van der Waals surface area contributed by atoms with E-state index in [4.69, 9.17) is 10.5 Å². The lowest BCUT2D eigenvalue weighted by Gasteiger charge is -2.45. The molecule has 3 rings (SSSR count). The van der Waals surface area contributed by atoms with Crippen LogP contribution in [0.2, 0.25) is 0 Å². The average molecular weight is 436 g/mol. The largest absolute Gasteiger partial charge is 0.490 e. The van der Waals surface area contributed by atoms with Gasteiger partial charge in [-0.3, -0.25) is 4.79 Å². The first-order chi connectivity index (χ1) is 11.5. The molecule has 2 aliphatic rings. The minimum Gasteiger partial charge on any atom is -0.490 e. The van der Waals surface area contributed by atoms with E-state index in [1.807, 2.05) is 0 Å². The summed E-state index contributed by atoms with van der Waals surface area (Å²) in [5, 5.41) is 3.18. The zero-order valence-electron chi connectivity index (χ0n) is 14.0. The number of carbonyl (C=O) groups excluding carboxylic acids is 1. The van der Waals surface area contributed by atoms with Crippen molar-refractivity contribution >= 4 is 34.2 Å². The fourth-order valence-electron chi connectivity index (χ4n) is 4.13. The minimum absolute atomic E-state index is 0. The van der Waals surface area contributed by atoms with Crippen molar-refractivity contribution in [3.05, 3.63) is 28.5 Å². The van der Waals surface area contributed by atoms with Crippen molar-refractivity contribution in [3.8, 4) is 5.75 Å². The van der Waals surface area contributed by atoms with E-state index < -0.39 is 5.82 Å². The second kappa shape index (κ2) is 9.19. The SMILES string of the molecule is Cl.NC1CC2CCCC(C1)C2NC(=O)CCOc1ccc(Br)cc1F. The third-order valence-electron chi connectivity index (χ3n) is 5.18. The summed E-state index contributed by atoms with van der Waals surface area (Å²) in [4.78, 5) is 12.2. The summed E-state index contributed by atoms with van der Waals surface area (Å²) < 4.78 is 19.7. The van der Waals surface area contributed by atoms with Crippen LogP contribution in [0.25, 0.3) is 0 Å². The van der Waals surface area contributed by atoms with Gasteiger partial charge in [-0.05, 0) is 55.7 Å². The first-order valence-corrected chi connectivity index (χ1v) is 9.45. The average Bonchev–Trinajstić information content (AvgIpc) is 2.50. The van der Waals surface area contributed by atoms with E-state index in [0.717, 1.165) is 25.7 Å². The molecule has 140 valence electrons. The van der Waals surface area contributed by atoms with Crippen molar-refractivity contribution in [2.75, 3.05) is 6.61 Å². The molecule has 2 atom stereocenters. The number of amides is 1. The Hall–Kier alpha value is -0.850. The van der Waals surface area contributed by atoms with E-state index in [9.17, 15) is 9.18 Å². The molecule has 0 radical (unpaired) electrons. The van der Waals surface area contributed by atoms with Gasteiger partial charge in [-0.2, -0.15) is 0 Å². The quantitative estimate of drug-likeness (QED) is 0.739. The van der Waals surface area contributed by atoms with Crippen LogP contribution >= 0.6 is 28.3 Å². The monoisotopic (exact) mass is 434 g/mol. The molecule has 0 heterocycles. The minimum atomic E-state index is -0.430. The highest BCUT2D eigenvalue weighted by molar-refractivity contribution is 9.10. The Balaban J connectivity index is 0.00000225. The van der Waals surface area contributed by atoms with Crippen LogP contribution in [0.5, 0.6) is 5.75 Å². The maximum Gasteiger partial charge on any atom is 0.223 e. The zero-order chi connectivity index (χ0) is 17.1. The molecule has 4 nitrogen and oxygen atoms in total. The number of benzene rings is 1. The van der Waals surface area contributed by atoms with Crippen LogP contribution in [0, 0.1) is 17.7 Å². The van der Waals surface area contributed by atoms with Crippen LogP contribution < -0.4 is 15.8 Å². The number of fused-ring (bicyclic) bond motifs is 2. The van der Waals surface area contributed by atoms with Gasteiger partial charge in [0.05, 0.1) is 13.0 Å². The molecule has 2 saturated carbocycles. The Morgan fingerprint density at radius 1 is 1.32 bits per heavy atom. The van der Waals surface area contributed by atoms with Crippen molar-refractivity contribution in [1.29, 1.82) is 0 Å². The summed E-state index contributed by atoms with van der Waals surface area (Å²) in [5.74, 6) is 0.722. The topological polar surface area (TPSA) is 64.3 Å². The molecule has 25 heavy (non-hydrogen) atoms. The summed E-state index contributed by atoms with van der Waals surface area (Å²) >= 11 is 3.20. The molecule has 2 fully saturated rings. The van der Waals surface area contributed by atoms with Gasteiger partial charge in [-0.15, -0.1) is 12.4 Å². The molecule has 3 N–H and O–H groups in total. The van der Waals surface area contributed by atoms with E-state index in [2.05, 4.69) is 21.2 Å². The van der Waals surface area contributed by atoms with Crippen LogP contribution in [0.1, 0.15) is 38.5 Å². The molecule has 2 unspecified atom stereocenters. The van der Waals surface area contributed by atoms with Gasteiger partial charge >= 0.3 is 0 Å². The third kappa shape index (κ3) is 5.31. The van der Waals surface area contributed by atoms with Crippen LogP contribution in [0.3, 0.4) is 0 Å². The van der Waals surface area contributed by atoms with Crippen molar-refractivity contribution in [3.63, 3.8) is 0 Å². The van der Waals surface area contributed by atoms with Gasteiger partial charge < -0.3 is 15.8 Å². The molecule has 1 amide bonds. The van der Waals surface area contributed by atoms with E-state index in [1.54, 1.807) is 12.1 Å². The lowest BCUT2D eigenvalue weighted by molar-refractivity contribution is -0.123. The highest BCUT2D eigenvalue weighted by Crippen LogP contribution is 2.39. The Morgan fingerprint density at radius 2 is 2.00 bits per heavy atom. The van der Waals surface area contributed by atoms with Gasteiger partial charge in [0.25, 0.3) is 0 Å². The molecular weight excluding hydrogens is 411 g/mol. The van der Waals surface area contributed by atoms with Crippen molar-refractivity contribution in [1.82, 2.24) is 5.32 Å². The summed E-state index contributed by atoms with van der Waals surface area (Å²) in [6, 6.07) is 5.14. The number of nitrogens with two attached hydrogens (primary N) is 1. The molecule has 1 aromatic rings.